The van der Waals surface area contributed by atoms with Gasteiger partial charge in [-0.25, -0.2) is 38.5 Å². The third kappa shape index (κ3) is 30.3. The van der Waals surface area contributed by atoms with Gasteiger partial charge in [-0.1, -0.05) is 86.0 Å². The first-order valence-electron chi connectivity index (χ1n) is 40.2. The van der Waals surface area contributed by atoms with Crippen molar-refractivity contribution in [2.75, 3.05) is 21.3 Å². The highest BCUT2D eigenvalue weighted by atomic mass is 127. The number of aliphatic carboxylic acids is 1. The molecule has 8 N–H and O–H groups in total. The van der Waals surface area contributed by atoms with Crippen LogP contribution in [0.15, 0.2) is 150 Å². The van der Waals surface area contributed by atoms with Crippen LogP contribution in [0.3, 0.4) is 0 Å². The second-order valence-corrected chi connectivity index (χ2v) is 33.1. The molecule has 5 heterocycles. The summed E-state index contributed by atoms with van der Waals surface area (Å²) in [6, 6.07) is 35.0. The summed E-state index contributed by atoms with van der Waals surface area (Å²) in [5, 5.41) is 69.7. The number of esters is 5. The van der Waals surface area contributed by atoms with Crippen molar-refractivity contribution in [3.05, 3.63) is 183 Å². The van der Waals surface area contributed by atoms with Crippen molar-refractivity contribution in [1.29, 1.82) is 0 Å². The number of phenolic OH excluding ortho intramolecular Hbond substituents is 1. The van der Waals surface area contributed by atoms with E-state index in [2.05, 4.69) is 82.5 Å². The number of furan rings is 1. The van der Waals surface area contributed by atoms with E-state index in [1.54, 1.807) is 154 Å². The first-order valence-corrected chi connectivity index (χ1v) is 41.3. The number of fused-ring (bicyclic) bond motifs is 1. The van der Waals surface area contributed by atoms with Crippen molar-refractivity contribution in [3.8, 4) is 62.8 Å². The van der Waals surface area contributed by atoms with Crippen LogP contribution >= 0.6 is 22.6 Å². The van der Waals surface area contributed by atoms with Gasteiger partial charge in [0.15, 0.2) is 6.73 Å². The number of aromatic nitrogens is 14. The number of methoxy groups -OCH3 is 3. The van der Waals surface area contributed by atoms with E-state index in [4.69, 9.17) is 52.0 Å². The number of tetrazole rings is 3. The van der Waals surface area contributed by atoms with E-state index in [-0.39, 0.29) is 55.6 Å². The molecule has 11 aromatic rings. The molecule has 1 saturated carbocycles. The smallest absolute Gasteiger partial charge is 0.408 e. The fourth-order valence-electron chi connectivity index (χ4n) is 12.8. The van der Waals surface area contributed by atoms with Crippen molar-refractivity contribution in [1.82, 2.24) is 92.3 Å². The van der Waals surface area contributed by atoms with Gasteiger partial charge in [0.1, 0.15) is 70.3 Å². The van der Waals surface area contributed by atoms with Gasteiger partial charge in [0.2, 0.25) is 17.5 Å². The SMILES string of the molecule is COC(=O)[C@H](Cc1ccc(O)c(-c2nn[nH]n2)c1)NC(=O)OC(C)(C)C.COC(=O)[C@H](Cc1ccc(OC(C)=O)c(-c2nnn(COCc3ccccc3)n2)c1)NC(=O)OC(C)(C)C.COC(=O)[C@H](Cc1ccc(OC(C)=O)c(I)c1)NC(=O)OC(C)(C)C.O=C(N[C@@H](Cc1cccc(-c2nn[nH]n2)c1)C(=O)O)c1ccc2c(c1)nc(-c1ccoc1)n2C1CCCCC1. The maximum absolute atomic E-state index is 13.2. The van der Waals surface area contributed by atoms with Crippen LogP contribution in [-0.2, 0) is 101 Å². The Balaban J connectivity index is 0.000000197. The van der Waals surface area contributed by atoms with Gasteiger partial charge in [0.05, 0.1) is 65.5 Å². The van der Waals surface area contributed by atoms with Crippen molar-refractivity contribution in [2.24, 2.45) is 0 Å². The number of phenols is 1. The average molecular weight is 1880 g/mol. The number of aromatic amines is 2. The van der Waals surface area contributed by atoms with Gasteiger partial charge >= 0.3 is 54.1 Å². The third-order valence-electron chi connectivity index (χ3n) is 18.3. The highest BCUT2D eigenvalue weighted by Gasteiger charge is 2.32. The molecule has 0 unspecified atom stereocenters. The Bertz CT molecular complexity index is 5610. The number of alkyl carbamates (subject to hydrolysis) is 3. The Morgan fingerprint density at radius 2 is 1.05 bits per heavy atom. The zero-order valence-electron chi connectivity index (χ0n) is 72.8. The minimum absolute atomic E-state index is 0.0372. The number of carbonyl (C=O) groups excluding carboxylic acids is 9. The molecule has 1 aliphatic carbocycles. The molecule has 12 rings (SSSR count). The number of rotatable bonds is 28. The minimum atomic E-state index is -1.13. The van der Waals surface area contributed by atoms with E-state index in [0.29, 0.717) is 66.7 Å². The predicted molar refractivity (Wildman–Crippen MR) is 466 cm³/mol. The van der Waals surface area contributed by atoms with Gasteiger partial charge < -0.3 is 83.1 Å². The number of aromatic hydroxyl groups is 1. The predicted octanol–water partition coefficient (Wildman–Crippen LogP) is 11.5. The maximum atomic E-state index is 13.2. The molecule has 0 radical (unpaired) electrons. The molecule has 40 nitrogen and oxygen atoms in total. The van der Waals surface area contributed by atoms with Gasteiger partial charge in [-0.2, -0.15) is 10.4 Å². The molecule has 0 bridgehead atoms. The highest BCUT2D eigenvalue weighted by molar-refractivity contribution is 14.1. The van der Waals surface area contributed by atoms with Crippen LogP contribution in [-0.4, -0.2) is 204 Å². The van der Waals surface area contributed by atoms with Crippen LogP contribution in [0.5, 0.6) is 17.2 Å². The van der Waals surface area contributed by atoms with E-state index in [9.17, 15) is 58.2 Å². The largest absolute Gasteiger partial charge is 0.507 e. The number of hydrogen-bond donors (Lipinski definition) is 8. The molecule has 128 heavy (non-hydrogen) atoms. The van der Waals surface area contributed by atoms with Gasteiger partial charge in [-0.3, -0.25) is 14.4 Å². The number of halogens is 1. The second-order valence-electron chi connectivity index (χ2n) is 31.9. The summed E-state index contributed by atoms with van der Waals surface area (Å²) < 4.78 is 54.3. The summed E-state index contributed by atoms with van der Waals surface area (Å²) in [7, 11) is 3.71. The quantitative estimate of drug-likeness (QED) is 0.00977. The van der Waals surface area contributed by atoms with Crippen molar-refractivity contribution in [2.45, 2.75) is 194 Å². The van der Waals surface area contributed by atoms with Crippen LogP contribution in [0.2, 0.25) is 0 Å². The van der Waals surface area contributed by atoms with Gasteiger partial charge in [0.25, 0.3) is 5.91 Å². The minimum Gasteiger partial charge on any atom is -0.507 e. The summed E-state index contributed by atoms with van der Waals surface area (Å²) in [5.74, 6) is -2.18. The number of ether oxygens (including phenoxy) is 9. The number of nitrogens with zero attached hydrogens (tertiary/aromatic N) is 12. The number of benzene rings is 6. The van der Waals surface area contributed by atoms with Crippen molar-refractivity contribution in [3.63, 3.8) is 0 Å². The van der Waals surface area contributed by atoms with Gasteiger partial charge in [0, 0.05) is 56.7 Å². The van der Waals surface area contributed by atoms with Crippen LogP contribution in [0.1, 0.15) is 152 Å². The Kier molecular flexibility index (Phi) is 34.8. The summed E-state index contributed by atoms with van der Waals surface area (Å²) in [4.78, 5) is 127. The molecule has 0 spiro atoms. The zero-order valence-corrected chi connectivity index (χ0v) is 75.0. The van der Waals surface area contributed by atoms with Crippen molar-refractivity contribution >= 4 is 93.6 Å². The molecule has 0 aliphatic heterocycles. The van der Waals surface area contributed by atoms with Crippen molar-refractivity contribution < 1.29 is 105 Å². The van der Waals surface area contributed by atoms with E-state index in [1.165, 1.54) is 65.3 Å². The first-order chi connectivity index (χ1) is 60.8. The summed E-state index contributed by atoms with van der Waals surface area (Å²) in [6.07, 6.45) is 7.34. The lowest BCUT2D eigenvalue weighted by Crippen LogP contribution is -2.45. The average Bonchev–Trinajstić information content (AvgIpc) is 1.61. The lowest BCUT2D eigenvalue weighted by molar-refractivity contribution is -0.143. The second kappa shape index (κ2) is 45.7. The van der Waals surface area contributed by atoms with Crippen LogP contribution in [0.25, 0.3) is 56.6 Å². The normalized spacial score (nSPS) is 12.9. The molecular formula is C87H101IN18O22. The number of carboxylic acids is 1. The molecule has 41 heteroatoms. The molecular weight excluding hydrogens is 1780 g/mol. The maximum Gasteiger partial charge on any atom is 0.408 e. The fraction of sp³-hybridized carbons (Fsp3) is 0.379. The van der Waals surface area contributed by atoms with E-state index in [1.807, 2.05) is 71.1 Å². The Labute approximate surface area is 748 Å². The number of carbonyl (C=O) groups is 10. The standard InChI is InChI=1S/C28H27N7O4.C26H31N5O7.C17H22INO6.C16H21N5O5/c36-27(30-23(28(37)38)14-17-5-4-6-18(13-17)25-31-33-34-32-25)19-9-10-24-22(15-19)29-26(20-11-12-39-16-20)35(24)21-7-2-1-3-8-21;1-17(32)37-22-12-11-19(14-21(24(33)35-5)27-25(34)38-26(2,3)4)13-20(22)23-28-30-31(29-23)16-36-15-18-9-7-6-8-10-18;1-10(20)24-14-7-6-11(8-12(14)18)9-13(15(21)23-5)19-16(22)25-17(2,3)4;1-16(2,3)26-15(24)17-11(14(23)25-4)8-9-5-6-12(22)10(7-9)13-18-20-21-19-13/h4-6,9-13,15-16,21,23H,1-3,7-8,14H2,(H,30,36)(H,37,38)(H,31,32,33,34);6-13,21H,14-16H2,1-5H3,(H,27,34);6-8,13H,9H2,1-5H3,(H,19,22);5-7,11,22H,8H2,1-4H3,(H,17,24)(H,18,19,20,21)/t23-;21-;13-;11-/m0000/s1. The summed E-state index contributed by atoms with van der Waals surface area (Å²) in [5.41, 5.74) is 5.90. The molecule has 4 amide bonds. The zero-order chi connectivity index (χ0) is 93.0. The van der Waals surface area contributed by atoms with E-state index >= 15 is 0 Å². The monoisotopic (exact) mass is 1880 g/mol. The third-order valence-corrected chi connectivity index (χ3v) is 19.1. The number of amides is 4. The highest BCUT2D eigenvalue weighted by Crippen LogP contribution is 2.38. The Morgan fingerprint density at radius 1 is 0.539 bits per heavy atom. The number of H-pyrrole nitrogens is 2. The molecule has 678 valence electrons. The topological polar surface area (TPSA) is 526 Å². The summed E-state index contributed by atoms with van der Waals surface area (Å²) in [6.45, 7) is 18.5. The van der Waals surface area contributed by atoms with Gasteiger partial charge in [-0.05, 0) is 208 Å². The molecule has 4 atom stereocenters. The van der Waals surface area contributed by atoms with E-state index < -0.39 is 101 Å². The number of hydrogen-bond acceptors (Lipinski definition) is 31. The molecule has 5 aromatic heterocycles. The molecule has 1 aliphatic rings. The lowest BCUT2D eigenvalue weighted by Gasteiger charge is -2.25. The number of carboxylic acid groups (broad SMARTS) is 1. The number of imidazole rings is 1. The number of nitrogens with one attached hydrogen (secondary N) is 6. The van der Waals surface area contributed by atoms with Crippen LogP contribution < -0.4 is 30.7 Å². The Hall–Kier alpha value is -14.1. The van der Waals surface area contributed by atoms with Crippen LogP contribution in [0.4, 0.5) is 14.4 Å². The lowest BCUT2D eigenvalue weighted by atomic mass is 9.95. The molecule has 0 saturated heterocycles. The molecule has 6 aromatic carbocycles. The van der Waals surface area contributed by atoms with Crippen LogP contribution in [0, 0.1) is 3.57 Å². The Morgan fingerprint density at radius 3 is 1.57 bits per heavy atom. The van der Waals surface area contributed by atoms with E-state index in [0.717, 1.165) is 46.4 Å². The molecule has 1 fully saturated rings. The van der Waals surface area contributed by atoms with Gasteiger partial charge in [-0.15, -0.1) is 35.4 Å². The fourth-order valence-corrected chi connectivity index (χ4v) is 13.5. The summed E-state index contributed by atoms with van der Waals surface area (Å²) >= 11 is 2.03. The first kappa shape index (κ1) is 97.7.